The molecule has 3 heterocycles. The number of carbonyl (C=O) groups excluding carboxylic acids is 3. The van der Waals surface area contributed by atoms with Gasteiger partial charge in [0.25, 0.3) is 17.5 Å². The number of hydrazine groups is 1. The molecule has 6 rings (SSSR count). The average molecular weight is 468 g/mol. The van der Waals surface area contributed by atoms with Crippen molar-refractivity contribution >= 4 is 29.1 Å². The zero-order valence-corrected chi connectivity index (χ0v) is 18.5. The molecule has 174 valence electrons. The van der Waals surface area contributed by atoms with Crippen molar-refractivity contribution in [1.29, 1.82) is 0 Å². The van der Waals surface area contributed by atoms with E-state index in [1.807, 2.05) is 35.3 Å². The Morgan fingerprint density at radius 3 is 2.26 bits per heavy atom. The first-order chi connectivity index (χ1) is 17.0. The first-order valence-electron chi connectivity index (χ1n) is 11.3. The van der Waals surface area contributed by atoms with Crippen molar-refractivity contribution in [2.24, 2.45) is 5.92 Å². The Morgan fingerprint density at radius 1 is 0.857 bits per heavy atom. The number of benzene rings is 3. The molecule has 3 aromatic carbocycles. The Bertz CT molecular complexity index is 1370. The van der Waals surface area contributed by atoms with Crippen LogP contribution in [0.25, 0.3) is 0 Å². The number of anilines is 1. The van der Waals surface area contributed by atoms with Crippen molar-refractivity contribution in [2.45, 2.75) is 18.5 Å². The highest BCUT2D eigenvalue weighted by Crippen LogP contribution is 2.50. The van der Waals surface area contributed by atoms with Gasteiger partial charge in [0.1, 0.15) is 6.04 Å². The highest BCUT2D eigenvalue weighted by Gasteiger charge is 2.64. The van der Waals surface area contributed by atoms with Gasteiger partial charge in [-0.15, -0.1) is 0 Å². The van der Waals surface area contributed by atoms with E-state index in [0.717, 1.165) is 16.0 Å². The van der Waals surface area contributed by atoms with Crippen LogP contribution < -0.4 is 4.90 Å². The zero-order valence-electron chi connectivity index (χ0n) is 18.5. The van der Waals surface area contributed by atoms with E-state index in [1.165, 1.54) is 29.3 Å². The fourth-order valence-corrected chi connectivity index (χ4v) is 5.54. The Hall–Kier alpha value is -4.37. The summed E-state index contributed by atoms with van der Waals surface area (Å²) in [6, 6.07) is 20.4. The van der Waals surface area contributed by atoms with E-state index in [4.69, 9.17) is 0 Å². The van der Waals surface area contributed by atoms with Gasteiger partial charge in [0.15, 0.2) is 0 Å². The summed E-state index contributed by atoms with van der Waals surface area (Å²) in [4.78, 5) is 52.8. The van der Waals surface area contributed by atoms with Crippen LogP contribution in [0, 0.1) is 16.0 Å². The van der Waals surface area contributed by atoms with Crippen molar-refractivity contribution in [1.82, 2.24) is 10.0 Å². The van der Waals surface area contributed by atoms with Crippen LogP contribution >= 0.6 is 0 Å². The molecule has 2 saturated heterocycles. The highest BCUT2D eigenvalue weighted by atomic mass is 16.6. The van der Waals surface area contributed by atoms with Crippen LogP contribution in [0.5, 0.6) is 0 Å². The van der Waals surface area contributed by atoms with E-state index < -0.39 is 34.7 Å². The maximum atomic E-state index is 13.8. The standard InChI is InChI=1S/C26H20N4O5/c31-24(17-7-2-1-3-8-17)29-23-21(22-20-9-5-4-6-16(20)14-15-27(22)29)25(32)28(26(23)33)18-10-12-19(13-11-18)30(34)35/h1-13,21-23H,14-15H2/t21-,22+,23+/m1/s1. The van der Waals surface area contributed by atoms with Crippen LogP contribution in [0.3, 0.4) is 0 Å². The second kappa shape index (κ2) is 7.85. The van der Waals surface area contributed by atoms with E-state index >= 15 is 0 Å². The Kier molecular flexibility index (Phi) is 4.75. The highest BCUT2D eigenvalue weighted by molar-refractivity contribution is 6.25. The number of nitro groups is 1. The number of hydrogen-bond acceptors (Lipinski definition) is 6. The molecule has 0 saturated carbocycles. The Morgan fingerprint density at radius 2 is 1.54 bits per heavy atom. The number of rotatable bonds is 3. The van der Waals surface area contributed by atoms with Crippen LogP contribution in [0.2, 0.25) is 0 Å². The molecule has 9 nitrogen and oxygen atoms in total. The summed E-state index contributed by atoms with van der Waals surface area (Å²) in [7, 11) is 0. The number of nitrogens with zero attached hydrogens (tertiary/aromatic N) is 4. The number of amides is 3. The third kappa shape index (κ3) is 3.08. The largest absolute Gasteiger partial charge is 0.274 e. The molecule has 0 aromatic heterocycles. The van der Waals surface area contributed by atoms with Crippen molar-refractivity contribution in [3.63, 3.8) is 0 Å². The lowest BCUT2D eigenvalue weighted by Gasteiger charge is -2.39. The molecule has 0 N–H and O–H groups in total. The smallest absolute Gasteiger partial charge is 0.269 e. The lowest BCUT2D eigenvalue weighted by molar-refractivity contribution is -0.384. The molecule has 0 bridgehead atoms. The first kappa shape index (κ1) is 21.2. The Balaban J connectivity index is 1.46. The number of hydrogen-bond donors (Lipinski definition) is 0. The molecule has 3 aliphatic rings. The molecule has 0 radical (unpaired) electrons. The van der Waals surface area contributed by atoms with Gasteiger partial charge in [0.05, 0.1) is 22.6 Å². The summed E-state index contributed by atoms with van der Waals surface area (Å²) in [5, 5.41) is 14.4. The summed E-state index contributed by atoms with van der Waals surface area (Å²) in [6.07, 6.45) is 0.694. The van der Waals surface area contributed by atoms with Gasteiger partial charge in [-0.05, 0) is 41.8 Å². The minimum atomic E-state index is -0.999. The predicted octanol–water partition coefficient (Wildman–Crippen LogP) is 3.12. The van der Waals surface area contributed by atoms with E-state index in [1.54, 1.807) is 24.3 Å². The van der Waals surface area contributed by atoms with Gasteiger partial charge in [-0.25, -0.2) is 9.91 Å². The quantitative estimate of drug-likeness (QED) is 0.332. The molecule has 3 amide bonds. The van der Waals surface area contributed by atoms with E-state index in [0.29, 0.717) is 18.5 Å². The molecule has 0 aliphatic carbocycles. The van der Waals surface area contributed by atoms with E-state index in [-0.39, 0.29) is 17.3 Å². The van der Waals surface area contributed by atoms with Crippen LogP contribution in [-0.4, -0.2) is 45.2 Å². The fraction of sp³-hybridized carbons (Fsp3) is 0.192. The first-order valence-corrected chi connectivity index (χ1v) is 11.3. The molecule has 35 heavy (non-hydrogen) atoms. The topological polar surface area (TPSA) is 104 Å². The third-order valence-electron chi connectivity index (χ3n) is 7.05. The van der Waals surface area contributed by atoms with Crippen molar-refractivity contribution < 1.29 is 19.3 Å². The number of non-ortho nitro benzene ring substituents is 1. The van der Waals surface area contributed by atoms with E-state index in [2.05, 4.69) is 0 Å². The third-order valence-corrected chi connectivity index (χ3v) is 7.05. The molecule has 3 aliphatic heterocycles. The van der Waals surface area contributed by atoms with Gasteiger partial charge in [0.2, 0.25) is 5.91 Å². The van der Waals surface area contributed by atoms with Gasteiger partial charge in [-0.1, -0.05) is 42.5 Å². The summed E-state index contributed by atoms with van der Waals surface area (Å²) in [6.45, 7) is 0.505. The molecular weight excluding hydrogens is 448 g/mol. The summed E-state index contributed by atoms with van der Waals surface area (Å²) >= 11 is 0. The summed E-state index contributed by atoms with van der Waals surface area (Å²) in [5.74, 6) is -2.05. The van der Waals surface area contributed by atoms with Gasteiger partial charge >= 0.3 is 0 Å². The molecule has 0 spiro atoms. The maximum Gasteiger partial charge on any atom is 0.269 e. The predicted molar refractivity (Wildman–Crippen MR) is 125 cm³/mol. The number of fused-ring (bicyclic) bond motifs is 5. The van der Waals surface area contributed by atoms with Crippen molar-refractivity contribution in [3.05, 3.63) is 106 Å². The monoisotopic (exact) mass is 468 g/mol. The Labute approximate surface area is 200 Å². The van der Waals surface area contributed by atoms with Crippen molar-refractivity contribution in [2.75, 3.05) is 11.4 Å². The molecular formula is C26H20N4O5. The fourth-order valence-electron chi connectivity index (χ4n) is 5.54. The van der Waals surface area contributed by atoms with Crippen molar-refractivity contribution in [3.8, 4) is 0 Å². The van der Waals surface area contributed by atoms with Crippen LogP contribution in [0.1, 0.15) is 27.5 Å². The second-order valence-electron chi connectivity index (χ2n) is 8.83. The normalized spacial score (nSPS) is 23.1. The second-order valence-corrected chi connectivity index (χ2v) is 8.83. The number of imide groups is 1. The van der Waals surface area contributed by atoms with Crippen LogP contribution in [0.15, 0.2) is 78.9 Å². The van der Waals surface area contributed by atoms with Gasteiger partial charge in [0, 0.05) is 24.2 Å². The summed E-state index contributed by atoms with van der Waals surface area (Å²) < 4.78 is 0. The van der Waals surface area contributed by atoms with Crippen LogP contribution in [-0.2, 0) is 16.0 Å². The minimum Gasteiger partial charge on any atom is -0.274 e. The van der Waals surface area contributed by atoms with Gasteiger partial charge in [-0.2, -0.15) is 0 Å². The maximum absolute atomic E-state index is 13.8. The number of nitro benzene ring substituents is 1. The molecule has 0 unspecified atom stereocenters. The number of carbonyl (C=O) groups is 3. The molecule has 2 fully saturated rings. The van der Waals surface area contributed by atoms with Gasteiger partial charge < -0.3 is 0 Å². The molecule has 9 heteroatoms. The molecule has 3 atom stereocenters. The summed E-state index contributed by atoms with van der Waals surface area (Å²) in [5.41, 5.74) is 2.57. The van der Waals surface area contributed by atoms with E-state index in [9.17, 15) is 24.5 Å². The lowest BCUT2D eigenvalue weighted by Crippen LogP contribution is -2.52. The minimum absolute atomic E-state index is 0.138. The zero-order chi connectivity index (χ0) is 24.3. The molecule has 3 aromatic rings. The lowest BCUT2D eigenvalue weighted by atomic mass is 9.85. The SMILES string of the molecule is O=C1[C@H]2[C@@H](C(=O)N1c1ccc([N+](=O)[O-])cc1)N(C(=O)c1ccccc1)N1CCc3ccccc3[C@@H]21. The van der Waals surface area contributed by atoms with Gasteiger partial charge in [-0.3, -0.25) is 29.5 Å². The van der Waals surface area contributed by atoms with Crippen LogP contribution in [0.4, 0.5) is 11.4 Å². The average Bonchev–Trinajstić information content (AvgIpc) is 3.36.